The van der Waals surface area contributed by atoms with E-state index in [-0.39, 0.29) is 16.5 Å². The van der Waals surface area contributed by atoms with Gasteiger partial charge in [-0.05, 0) is 42.0 Å². The molecule has 1 amide bonds. The van der Waals surface area contributed by atoms with E-state index in [4.69, 9.17) is 18.9 Å². The maximum Gasteiger partial charge on any atom is 0.301 e. The van der Waals surface area contributed by atoms with Gasteiger partial charge in [-0.1, -0.05) is 11.3 Å². The summed E-state index contributed by atoms with van der Waals surface area (Å²) < 4.78 is 21.5. The van der Waals surface area contributed by atoms with Crippen molar-refractivity contribution in [1.29, 1.82) is 0 Å². The minimum Gasteiger partial charge on any atom is -0.507 e. The van der Waals surface area contributed by atoms with Crippen molar-refractivity contribution in [3.8, 4) is 23.0 Å². The summed E-state index contributed by atoms with van der Waals surface area (Å²) >= 11 is 1.09. The number of rotatable bonds is 7. The molecule has 1 saturated heterocycles. The highest BCUT2D eigenvalue weighted by molar-refractivity contribution is 7.13. The van der Waals surface area contributed by atoms with Crippen LogP contribution in [-0.4, -0.2) is 55.4 Å². The molecule has 0 spiro atoms. The maximum absolute atomic E-state index is 13.2. The zero-order valence-corrected chi connectivity index (χ0v) is 19.6. The van der Waals surface area contributed by atoms with E-state index in [1.54, 1.807) is 36.4 Å². The number of aliphatic hydroxyl groups is 1. The molecule has 1 N–H and O–H groups in total. The van der Waals surface area contributed by atoms with Crippen molar-refractivity contribution in [3.05, 3.63) is 58.6 Å². The molecule has 2 heterocycles. The fourth-order valence-electron chi connectivity index (χ4n) is 3.78. The molecular formula is C23H21N3O7S. The second-order valence-electron chi connectivity index (χ2n) is 7.08. The van der Waals surface area contributed by atoms with Gasteiger partial charge in [0.15, 0.2) is 11.5 Å². The molecule has 1 aliphatic rings. The lowest BCUT2D eigenvalue weighted by Gasteiger charge is -2.24. The predicted octanol–water partition coefficient (Wildman–Crippen LogP) is 3.20. The Morgan fingerprint density at radius 1 is 0.971 bits per heavy atom. The number of anilines is 1. The number of amides is 1. The molecule has 1 aromatic heterocycles. The van der Waals surface area contributed by atoms with Crippen LogP contribution in [0.4, 0.5) is 5.13 Å². The number of methoxy groups -OCH3 is 4. The van der Waals surface area contributed by atoms with Gasteiger partial charge in [-0.3, -0.25) is 14.5 Å². The molecule has 1 fully saturated rings. The SMILES string of the molecule is COc1ccc(/C(O)=C2\C(=O)C(=O)N(c3nncs3)C2c2cc(OC)c(OC)c(OC)c2)cc1. The van der Waals surface area contributed by atoms with Gasteiger partial charge in [0, 0.05) is 5.56 Å². The van der Waals surface area contributed by atoms with Crippen molar-refractivity contribution < 1.29 is 33.6 Å². The summed E-state index contributed by atoms with van der Waals surface area (Å²) in [5, 5.41) is 19.2. The molecule has 1 aliphatic heterocycles. The summed E-state index contributed by atoms with van der Waals surface area (Å²) in [5.74, 6) is -0.475. The number of ether oxygens (including phenoxy) is 4. The van der Waals surface area contributed by atoms with E-state index < -0.39 is 17.7 Å². The minimum absolute atomic E-state index is 0.111. The standard InChI is InChI=1S/C23H21N3O7S/c1-30-14-7-5-12(6-8-14)19(27)17-18(26(22(29)20(17)28)23-25-24-11-34-23)13-9-15(31-2)21(33-4)16(10-13)32-3/h5-11,18,27H,1-4H3/b19-17+. The monoisotopic (exact) mass is 483 g/mol. The number of benzene rings is 2. The number of carbonyl (C=O) groups excluding carboxylic acids is 2. The number of aliphatic hydroxyl groups excluding tert-OH is 1. The quantitative estimate of drug-likeness (QED) is 0.307. The first-order chi connectivity index (χ1) is 16.4. The van der Waals surface area contributed by atoms with Crippen LogP contribution in [-0.2, 0) is 9.59 Å². The van der Waals surface area contributed by atoms with E-state index in [1.165, 1.54) is 38.8 Å². The summed E-state index contributed by atoms with van der Waals surface area (Å²) in [7, 11) is 5.91. The predicted molar refractivity (Wildman–Crippen MR) is 124 cm³/mol. The molecule has 0 radical (unpaired) electrons. The summed E-state index contributed by atoms with van der Waals surface area (Å²) in [6, 6.07) is 8.69. The van der Waals surface area contributed by atoms with Crippen LogP contribution >= 0.6 is 11.3 Å². The lowest BCUT2D eigenvalue weighted by molar-refractivity contribution is -0.132. The molecule has 1 unspecified atom stereocenters. The third kappa shape index (κ3) is 3.79. The van der Waals surface area contributed by atoms with Crippen molar-refractivity contribution in [2.75, 3.05) is 33.3 Å². The Hall–Kier alpha value is -4.12. The third-order valence-corrected chi connectivity index (χ3v) is 6.05. The van der Waals surface area contributed by atoms with Crippen LogP contribution in [0.1, 0.15) is 17.2 Å². The average Bonchev–Trinajstić information content (AvgIpc) is 3.49. The first-order valence-corrected chi connectivity index (χ1v) is 10.8. The Kier molecular flexibility index (Phi) is 6.37. The van der Waals surface area contributed by atoms with Gasteiger partial charge >= 0.3 is 5.91 Å². The van der Waals surface area contributed by atoms with Gasteiger partial charge in [0.05, 0.1) is 40.1 Å². The molecule has 176 valence electrons. The van der Waals surface area contributed by atoms with Crippen LogP contribution in [0.3, 0.4) is 0 Å². The second kappa shape index (κ2) is 9.40. The normalized spacial score (nSPS) is 17.1. The summed E-state index contributed by atoms with van der Waals surface area (Å²) in [6.07, 6.45) is 0. The van der Waals surface area contributed by atoms with E-state index in [2.05, 4.69) is 10.2 Å². The van der Waals surface area contributed by atoms with E-state index in [1.807, 2.05) is 0 Å². The van der Waals surface area contributed by atoms with Crippen molar-refractivity contribution >= 4 is 33.9 Å². The number of ketones is 1. The van der Waals surface area contributed by atoms with Gasteiger partial charge in [0.1, 0.15) is 17.0 Å². The highest BCUT2D eigenvalue weighted by Crippen LogP contribution is 2.47. The topological polar surface area (TPSA) is 120 Å². The molecule has 0 aliphatic carbocycles. The van der Waals surface area contributed by atoms with Crippen LogP contribution in [0.2, 0.25) is 0 Å². The van der Waals surface area contributed by atoms with Gasteiger partial charge in [-0.15, -0.1) is 10.2 Å². The zero-order valence-electron chi connectivity index (χ0n) is 18.8. The Morgan fingerprint density at radius 3 is 2.12 bits per heavy atom. The molecule has 10 nitrogen and oxygen atoms in total. The number of carbonyl (C=O) groups is 2. The Labute approximate surface area is 199 Å². The van der Waals surface area contributed by atoms with Crippen molar-refractivity contribution in [2.45, 2.75) is 6.04 Å². The fraction of sp³-hybridized carbons (Fsp3) is 0.217. The molecule has 0 bridgehead atoms. The largest absolute Gasteiger partial charge is 0.507 e. The van der Waals surface area contributed by atoms with Gasteiger partial charge in [-0.25, -0.2) is 0 Å². The molecular weight excluding hydrogens is 462 g/mol. The van der Waals surface area contributed by atoms with E-state index in [0.29, 0.717) is 34.1 Å². The number of nitrogens with zero attached hydrogens (tertiary/aromatic N) is 3. The van der Waals surface area contributed by atoms with E-state index in [9.17, 15) is 14.7 Å². The maximum atomic E-state index is 13.2. The average molecular weight is 484 g/mol. The highest BCUT2D eigenvalue weighted by Gasteiger charge is 2.48. The van der Waals surface area contributed by atoms with Gasteiger partial charge in [0.25, 0.3) is 5.78 Å². The van der Waals surface area contributed by atoms with Crippen LogP contribution in [0, 0.1) is 0 Å². The molecule has 11 heteroatoms. The van der Waals surface area contributed by atoms with Crippen LogP contribution in [0.15, 0.2) is 47.5 Å². The number of Topliss-reactive ketones (excluding diaryl/α,β-unsaturated/α-hetero) is 1. The van der Waals surface area contributed by atoms with Crippen LogP contribution < -0.4 is 23.8 Å². The first kappa shape index (κ1) is 23.1. The molecule has 0 saturated carbocycles. The molecule has 34 heavy (non-hydrogen) atoms. The first-order valence-electron chi connectivity index (χ1n) is 9.96. The van der Waals surface area contributed by atoms with Crippen LogP contribution in [0.5, 0.6) is 23.0 Å². The van der Waals surface area contributed by atoms with Crippen molar-refractivity contribution in [2.24, 2.45) is 0 Å². The molecule has 2 aromatic carbocycles. The van der Waals surface area contributed by atoms with E-state index >= 15 is 0 Å². The Bertz CT molecular complexity index is 1230. The number of aromatic nitrogens is 2. The van der Waals surface area contributed by atoms with Gasteiger partial charge in [-0.2, -0.15) is 0 Å². The van der Waals surface area contributed by atoms with Crippen LogP contribution in [0.25, 0.3) is 5.76 Å². The summed E-state index contributed by atoms with van der Waals surface area (Å²) in [5.41, 5.74) is 2.12. The number of hydrogen-bond donors (Lipinski definition) is 1. The third-order valence-electron chi connectivity index (χ3n) is 5.37. The zero-order chi connectivity index (χ0) is 24.4. The summed E-state index contributed by atoms with van der Waals surface area (Å²) in [6.45, 7) is 0. The van der Waals surface area contributed by atoms with Gasteiger partial charge < -0.3 is 24.1 Å². The van der Waals surface area contributed by atoms with Crippen molar-refractivity contribution in [3.63, 3.8) is 0 Å². The molecule has 3 aromatic rings. The smallest absolute Gasteiger partial charge is 0.301 e. The Morgan fingerprint density at radius 2 is 1.62 bits per heavy atom. The fourth-order valence-corrected chi connectivity index (χ4v) is 4.37. The second-order valence-corrected chi connectivity index (χ2v) is 7.89. The van der Waals surface area contributed by atoms with Gasteiger partial charge in [0.2, 0.25) is 10.9 Å². The Balaban J connectivity index is 1.97. The molecule has 1 atom stereocenters. The van der Waals surface area contributed by atoms with Crippen molar-refractivity contribution in [1.82, 2.24) is 10.2 Å². The van der Waals surface area contributed by atoms with E-state index in [0.717, 1.165) is 11.3 Å². The lowest BCUT2D eigenvalue weighted by Crippen LogP contribution is -2.29. The lowest BCUT2D eigenvalue weighted by atomic mass is 9.94. The molecule has 4 rings (SSSR count). The highest BCUT2D eigenvalue weighted by atomic mass is 32.1. The number of hydrogen-bond acceptors (Lipinski definition) is 10. The minimum atomic E-state index is -1.02. The summed E-state index contributed by atoms with van der Waals surface area (Å²) in [4.78, 5) is 27.5.